The van der Waals surface area contributed by atoms with Crippen molar-refractivity contribution in [2.45, 2.75) is 13.0 Å². The highest BCUT2D eigenvalue weighted by Crippen LogP contribution is 2.26. The second-order valence-corrected chi connectivity index (χ2v) is 5.81. The number of anilines is 1. The molecule has 1 aliphatic heterocycles. The molecule has 0 saturated carbocycles. The molecule has 2 heterocycles. The average Bonchev–Trinajstić information content (AvgIpc) is 3.27. The van der Waals surface area contributed by atoms with Gasteiger partial charge in [-0.2, -0.15) is 0 Å². The number of carbonyl (C=O) groups excluding carboxylic acids is 3. The second-order valence-electron chi connectivity index (χ2n) is 5.81. The Hall–Kier alpha value is -3.36. The molecular weight excluding hydrogens is 357 g/mol. The number of aromatic nitrogens is 1. The van der Waals surface area contributed by atoms with Gasteiger partial charge in [0.2, 0.25) is 6.41 Å². The number of benzene rings is 1. The molecule has 3 rings (SSSR count). The van der Waals surface area contributed by atoms with E-state index in [-0.39, 0.29) is 25.4 Å². The van der Waals surface area contributed by atoms with Crippen LogP contribution in [0.1, 0.15) is 17.3 Å². The summed E-state index contributed by atoms with van der Waals surface area (Å²) in [5.41, 5.74) is 0.877. The smallest absolute Gasteiger partial charge is 0.414 e. The molecule has 1 atom stereocenters. The maximum atomic E-state index is 14.6. The summed E-state index contributed by atoms with van der Waals surface area (Å²) in [5, 5.41) is 2.45. The fraction of sp³-hybridized carbons (Fsp3) is 0.278. The predicted molar refractivity (Wildman–Crippen MR) is 93.4 cm³/mol. The van der Waals surface area contributed by atoms with Crippen molar-refractivity contribution in [1.82, 2.24) is 9.88 Å². The van der Waals surface area contributed by atoms with Crippen molar-refractivity contribution in [2.75, 3.05) is 24.6 Å². The molecule has 1 aliphatic rings. The minimum Gasteiger partial charge on any atom is -0.462 e. The predicted octanol–water partition coefficient (Wildman–Crippen LogP) is 1.86. The van der Waals surface area contributed by atoms with Crippen molar-refractivity contribution in [3.8, 4) is 5.69 Å². The van der Waals surface area contributed by atoms with E-state index in [4.69, 9.17) is 9.47 Å². The van der Waals surface area contributed by atoms with Gasteiger partial charge in [-0.1, -0.05) is 0 Å². The van der Waals surface area contributed by atoms with E-state index in [0.717, 1.165) is 0 Å². The summed E-state index contributed by atoms with van der Waals surface area (Å²) < 4.78 is 26.1. The van der Waals surface area contributed by atoms with E-state index in [2.05, 4.69) is 5.32 Å². The second kappa shape index (κ2) is 7.90. The molecule has 142 valence electrons. The molecule has 1 saturated heterocycles. The Kier molecular flexibility index (Phi) is 5.39. The van der Waals surface area contributed by atoms with Crippen LogP contribution in [0.15, 0.2) is 36.7 Å². The van der Waals surface area contributed by atoms with Crippen LogP contribution in [0.5, 0.6) is 0 Å². The summed E-state index contributed by atoms with van der Waals surface area (Å²) >= 11 is 0. The molecule has 1 fully saturated rings. The summed E-state index contributed by atoms with van der Waals surface area (Å²) in [6.07, 6.45) is 2.44. The Morgan fingerprint density at radius 1 is 1.44 bits per heavy atom. The topological polar surface area (TPSA) is 89.9 Å². The molecular formula is C18H18FN3O5. The number of halogens is 1. The molecule has 0 radical (unpaired) electrons. The van der Waals surface area contributed by atoms with Crippen LogP contribution < -0.4 is 10.2 Å². The number of carbonyl (C=O) groups is 3. The third-order valence-electron chi connectivity index (χ3n) is 4.03. The van der Waals surface area contributed by atoms with Crippen molar-refractivity contribution >= 4 is 24.2 Å². The number of cyclic esters (lactones) is 1. The van der Waals surface area contributed by atoms with Gasteiger partial charge in [0.15, 0.2) is 0 Å². The molecule has 2 aromatic rings. The van der Waals surface area contributed by atoms with E-state index in [0.29, 0.717) is 17.7 Å². The number of rotatable bonds is 7. The SMILES string of the molecule is CCOC(=O)c1ccn(-c2ccc(N3C[C@H](CNC=O)OC3=O)cc2F)c1. The first kappa shape index (κ1) is 18.4. The van der Waals surface area contributed by atoms with Crippen LogP contribution >= 0.6 is 0 Å². The third kappa shape index (κ3) is 3.91. The van der Waals surface area contributed by atoms with Gasteiger partial charge in [0.25, 0.3) is 0 Å². The quantitative estimate of drug-likeness (QED) is 0.589. The molecule has 2 amide bonds. The first-order valence-corrected chi connectivity index (χ1v) is 8.33. The Labute approximate surface area is 154 Å². The van der Waals surface area contributed by atoms with Crippen LogP contribution in [0.3, 0.4) is 0 Å². The van der Waals surface area contributed by atoms with Crippen molar-refractivity contribution in [1.29, 1.82) is 0 Å². The van der Waals surface area contributed by atoms with E-state index in [1.54, 1.807) is 19.2 Å². The molecule has 8 nitrogen and oxygen atoms in total. The minimum atomic E-state index is -0.606. The van der Waals surface area contributed by atoms with Crippen LogP contribution in [0.4, 0.5) is 14.9 Å². The zero-order valence-electron chi connectivity index (χ0n) is 14.6. The van der Waals surface area contributed by atoms with Crippen LogP contribution in [-0.4, -0.2) is 48.8 Å². The normalized spacial score (nSPS) is 16.1. The molecule has 0 spiro atoms. The van der Waals surface area contributed by atoms with Gasteiger partial charge >= 0.3 is 12.1 Å². The zero-order valence-corrected chi connectivity index (χ0v) is 14.6. The van der Waals surface area contributed by atoms with Crippen LogP contribution in [0.25, 0.3) is 5.69 Å². The Balaban J connectivity index is 1.77. The number of hydrogen-bond acceptors (Lipinski definition) is 5. The van der Waals surface area contributed by atoms with Crippen molar-refractivity contribution in [3.63, 3.8) is 0 Å². The standard InChI is InChI=1S/C18H18FN3O5/c1-2-26-17(24)12-5-6-21(9-12)16-4-3-13(7-15(16)19)22-10-14(8-20-11-23)27-18(22)25/h3-7,9,11,14H,2,8,10H2,1H3,(H,20,23)/t14-/m0/s1. The van der Waals surface area contributed by atoms with Gasteiger partial charge in [-0.25, -0.2) is 14.0 Å². The summed E-state index contributed by atoms with van der Waals surface area (Å²) in [4.78, 5) is 35.3. The molecule has 27 heavy (non-hydrogen) atoms. The largest absolute Gasteiger partial charge is 0.462 e. The van der Waals surface area contributed by atoms with Gasteiger partial charge in [0, 0.05) is 12.4 Å². The fourth-order valence-electron chi connectivity index (χ4n) is 2.77. The highest BCUT2D eigenvalue weighted by atomic mass is 19.1. The number of nitrogens with zero attached hydrogens (tertiary/aromatic N) is 2. The van der Waals surface area contributed by atoms with Crippen LogP contribution in [0, 0.1) is 5.82 Å². The van der Waals surface area contributed by atoms with Gasteiger partial charge < -0.3 is 19.4 Å². The summed E-state index contributed by atoms with van der Waals surface area (Å²) in [6.45, 7) is 2.35. The molecule has 9 heteroatoms. The monoisotopic (exact) mass is 375 g/mol. The van der Waals surface area contributed by atoms with E-state index < -0.39 is 24.0 Å². The first-order valence-electron chi connectivity index (χ1n) is 8.33. The summed E-state index contributed by atoms with van der Waals surface area (Å²) in [5.74, 6) is -1.05. The first-order chi connectivity index (χ1) is 13.0. The van der Waals surface area contributed by atoms with Crippen molar-refractivity contribution < 1.29 is 28.2 Å². The van der Waals surface area contributed by atoms with Gasteiger partial charge in [-0.05, 0) is 31.2 Å². The van der Waals surface area contributed by atoms with Gasteiger partial charge in [0.1, 0.15) is 11.9 Å². The lowest BCUT2D eigenvalue weighted by molar-refractivity contribution is -0.109. The minimum absolute atomic E-state index is 0.187. The highest BCUT2D eigenvalue weighted by molar-refractivity contribution is 5.90. The molecule has 0 unspecified atom stereocenters. The average molecular weight is 375 g/mol. The van der Waals surface area contributed by atoms with E-state index >= 15 is 0 Å². The van der Waals surface area contributed by atoms with Gasteiger partial charge in [0.05, 0.1) is 36.6 Å². The molecule has 1 N–H and O–H groups in total. The molecule has 0 bridgehead atoms. The number of nitrogens with one attached hydrogen (secondary N) is 1. The fourth-order valence-corrected chi connectivity index (χ4v) is 2.77. The Bertz CT molecular complexity index is 866. The zero-order chi connectivity index (χ0) is 19.4. The Morgan fingerprint density at radius 2 is 2.26 bits per heavy atom. The van der Waals surface area contributed by atoms with Crippen LogP contribution in [0.2, 0.25) is 0 Å². The summed E-state index contributed by atoms with van der Waals surface area (Å²) in [7, 11) is 0. The van der Waals surface area contributed by atoms with E-state index in [1.807, 2.05) is 0 Å². The maximum absolute atomic E-state index is 14.6. The van der Waals surface area contributed by atoms with E-state index in [1.165, 1.54) is 33.9 Å². The lowest BCUT2D eigenvalue weighted by Gasteiger charge is -2.14. The van der Waals surface area contributed by atoms with E-state index in [9.17, 15) is 18.8 Å². The van der Waals surface area contributed by atoms with Gasteiger partial charge in [-0.3, -0.25) is 9.69 Å². The molecule has 0 aliphatic carbocycles. The van der Waals surface area contributed by atoms with Crippen molar-refractivity contribution in [3.05, 3.63) is 48.0 Å². The highest BCUT2D eigenvalue weighted by Gasteiger charge is 2.32. The lowest BCUT2D eigenvalue weighted by Crippen LogP contribution is -2.30. The maximum Gasteiger partial charge on any atom is 0.414 e. The lowest BCUT2D eigenvalue weighted by atomic mass is 10.2. The molecule has 1 aromatic carbocycles. The summed E-state index contributed by atoms with van der Waals surface area (Å²) in [6, 6.07) is 5.84. The number of esters is 1. The number of hydrogen-bond donors (Lipinski definition) is 1. The van der Waals surface area contributed by atoms with Gasteiger partial charge in [-0.15, -0.1) is 0 Å². The Morgan fingerprint density at radius 3 is 2.96 bits per heavy atom. The van der Waals surface area contributed by atoms with Crippen molar-refractivity contribution in [2.24, 2.45) is 0 Å². The molecule has 1 aromatic heterocycles. The third-order valence-corrected chi connectivity index (χ3v) is 4.03. The number of ether oxygens (including phenoxy) is 2. The van der Waals surface area contributed by atoms with Crippen LogP contribution in [-0.2, 0) is 14.3 Å². The number of amides is 2.